The largest absolute Gasteiger partial charge is 0.478 e. The zero-order chi connectivity index (χ0) is 30.0. The van der Waals surface area contributed by atoms with E-state index in [1.54, 1.807) is 12.1 Å². The molecule has 1 saturated heterocycles. The number of carbonyl (C=O) groups is 1. The minimum Gasteiger partial charge on any atom is -0.478 e. The number of anilines is 1. The number of rotatable bonds is 4. The lowest BCUT2D eigenvalue weighted by Gasteiger charge is -2.45. The van der Waals surface area contributed by atoms with Crippen LogP contribution in [0.5, 0.6) is 0 Å². The zero-order valence-electron chi connectivity index (χ0n) is 25.3. The quantitative estimate of drug-likeness (QED) is 0.212. The van der Waals surface area contributed by atoms with E-state index < -0.39 is 5.97 Å². The van der Waals surface area contributed by atoms with Crippen molar-refractivity contribution in [3.8, 4) is 0 Å². The standard InChI is InChI=1S/C40H36N2O2/c1-40(2)34-17-16-31-30-11-4-3-8-25(30)12-15-32(31)38(34)33(37-19-13-27-22-28(39(43)44)14-18-36(27)41-37)24-35(40)26-9-7-10-29(23-26)42-20-5-6-21-42/h3-4,7-19,22-23,33,35H,5-6,20-21,24H2,1-2H3,(H,43,44). The summed E-state index contributed by atoms with van der Waals surface area (Å²) in [4.78, 5) is 19.4. The maximum atomic E-state index is 11.6. The van der Waals surface area contributed by atoms with Gasteiger partial charge in [0.2, 0.25) is 0 Å². The van der Waals surface area contributed by atoms with Crippen molar-refractivity contribution < 1.29 is 9.90 Å². The highest BCUT2D eigenvalue weighted by Gasteiger charge is 2.43. The van der Waals surface area contributed by atoms with Crippen molar-refractivity contribution in [1.29, 1.82) is 0 Å². The molecule has 2 atom stereocenters. The molecule has 5 aromatic carbocycles. The van der Waals surface area contributed by atoms with Crippen LogP contribution in [0.3, 0.4) is 0 Å². The number of nitrogens with zero attached hydrogens (tertiary/aromatic N) is 2. The van der Waals surface area contributed by atoms with E-state index >= 15 is 0 Å². The normalized spacial score (nSPS) is 19.5. The fraction of sp³-hybridized carbons (Fsp3) is 0.250. The van der Waals surface area contributed by atoms with Crippen molar-refractivity contribution >= 4 is 44.1 Å². The first-order valence-electron chi connectivity index (χ1n) is 15.8. The summed E-state index contributed by atoms with van der Waals surface area (Å²) >= 11 is 0. The van der Waals surface area contributed by atoms with Gasteiger partial charge in [-0.2, -0.15) is 0 Å². The number of pyridine rings is 1. The summed E-state index contributed by atoms with van der Waals surface area (Å²) in [5.74, 6) is -0.531. The lowest BCUT2D eigenvalue weighted by atomic mass is 9.59. The molecule has 4 heteroatoms. The van der Waals surface area contributed by atoms with E-state index in [1.165, 1.54) is 56.8 Å². The Morgan fingerprint density at radius 3 is 2.43 bits per heavy atom. The Kier molecular flexibility index (Phi) is 6.23. The number of hydrogen-bond acceptors (Lipinski definition) is 3. The number of aromatic nitrogens is 1. The third-order valence-electron chi connectivity index (χ3n) is 10.4. The predicted molar refractivity (Wildman–Crippen MR) is 180 cm³/mol. The molecule has 6 aromatic rings. The Morgan fingerprint density at radius 1 is 0.795 bits per heavy atom. The molecule has 0 radical (unpaired) electrons. The van der Waals surface area contributed by atoms with Gasteiger partial charge in [-0.3, -0.25) is 4.98 Å². The smallest absolute Gasteiger partial charge is 0.335 e. The summed E-state index contributed by atoms with van der Waals surface area (Å²) in [6.07, 6.45) is 3.47. The van der Waals surface area contributed by atoms with Crippen LogP contribution in [0.1, 0.15) is 77.7 Å². The first kappa shape index (κ1) is 26.9. The van der Waals surface area contributed by atoms with Gasteiger partial charge in [-0.05, 0) is 105 Å². The molecule has 44 heavy (non-hydrogen) atoms. The van der Waals surface area contributed by atoms with Gasteiger partial charge >= 0.3 is 5.97 Å². The second kappa shape index (κ2) is 10.2. The number of fused-ring (bicyclic) bond motifs is 6. The van der Waals surface area contributed by atoms with Crippen LogP contribution in [0.4, 0.5) is 5.69 Å². The topological polar surface area (TPSA) is 53.4 Å². The number of carboxylic acid groups (broad SMARTS) is 1. The van der Waals surface area contributed by atoms with Gasteiger partial charge in [0.25, 0.3) is 0 Å². The van der Waals surface area contributed by atoms with E-state index in [0.717, 1.165) is 36.1 Å². The summed E-state index contributed by atoms with van der Waals surface area (Å²) in [5.41, 5.74) is 7.54. The fourth-order valence-corrected chi connectivity index (χ4v) is 8.09. The highest BCUT2D eigenvalue weighted by molar-refractivity contribution is 6.09. The van der Waals surface area contributed by atoms with Crippen LogP contribution in [0.2, 0.25) is 0 Å². The Bertz CT molecular complexity index is 2090. The third kappa shape index (κ3) is 4.27. The van der Waals surface area contributed by atoms with Crippen LogP contribution in [-0.2, 0) is 5.41 Å². The van der Waals surface area contributed by atoms with Gasteiger partial charge in [0.05, 0.1) is 11.1 Å². The molecule has 2 heterocycles. The molecular formula is C40H36N2O2. The van der Waals surface area contributed by atoms with Crippen LogP contribution in [-0.4, -0.2) is 29.1 Å². The van der Waals surface area contributed by atoms with Crippen molar-refractivity contribution in [2.45, 2.75) is 50.4 Å². The molecule has 0 bridgehead atoms. The van der Waals surface area contributed by atoms with Crippen molar-refractivity contribution in [3.05, 3.63) is 131 Å². The van der Waals surface area contributed by atoms with E-state index in [9.17, 15) is 9.90 Å². The van der Waals surface area contributed by atoms with E-state index in [1.807, 2.05) is 12.1 Å². The number of carboxylic acids is 1. The molecule has 1 aliphatic carbocycles. The maximum Gasteiger partial charge on any atom is 0.335 e. The van der Waals surface area contributed by atoms with Gasteiger partial charge in [-0.1, -0.05) is 80.6 Å². The van der Waals surface area contributed by atoms with E-state index in [0.29, 0.717) is 5.92 Å². The van der Waals surface area contributed by atoms with Gasteiger partial charge in [0, 0.05) is 35.8 Å². The number of aromatic carboxylic acids is 1. The van der Waals surface area contributed by atoms with E-state index in [2.05, 4.69) is 97.6 Å². The second-order valence-electron chi connectivity index (χ2n) is 13.2. The summed E-state index contributed by atoms with van der Waals surface area (Å²) in [7, 11) is 0. The predicted octanol–water partition coefficient (Wildman–Crippen LogP) is 9.44. The molecule has 0 amide bonds. The van der Waals surface area contributed by atoms with Gasteiger partial charge in [-0.25, -0.2) is 4.79 Å². The van der Waals surface area contributed by atoms with E-state index in [4.69, 9.17) is 4.98 Å². The Labute approximate surface area is 258 Å². The van der Waals surface area contributed by atoms with Crippen LogP contribution in [0.15, 0.2) is 103 Å². The molecule has 0 spiro atoms. The van der Waals surface area contributed by atoms with Crippen LogP contribution in [0.25, 0.3) is 32.4 Å². The number of hydrogen-bond donors (Lipinski definition) is 1. The molecule has 218 valence electrons. The van der Waals surface area contributed by atoms with Crippen molar-refractivity contribution in [1.82, 2.24) is 4.98 Å². The molecule has 1 fully saturated rings. The highest BCUT2D eigenvalue weighted by atomic mass is 16.4. The average Bonchev–Trinajstić information content (AvgIpc) is 3.59. The third-order valence-corrected chi connectivity index (χ3v) is 10.4. The summed E-state index contributed by atoms with van der Waals surface area (Å²) in [6.45, 7) is 7.10. The number of benzene rings is 5. The molecule has 0 saturated carbocycles. The summed E-state index contributed by atoms with van der Waals surface area (Å²) in [5, 5.41) is 15.5. The Hall–Kier alpha value is -4.70. The zero-order valence-corrected chi connectivity index (χ0v) is 25.3. The first-order valence-corrected chi connectivity index (χ1v) is 15.8. The summed E-state index contributed by atoms with van der Waals surface area (Å²) in [6, 6.07) is 36.6. The molecular weight excluding hydrogens is 540 g/mol. The lowest BCUT2D eigenvalue weighted by molar-refractivity contribution is 0.0697. The molecule has 1 aliphatic heterocycles. The van der Waals surface area contributed by atoms with Crippen LogP contribution in [0, 0.1) is 0 Å². The Morgan fingerprint density at radius 2 is 1.59 bits per heavy atom. The summed E-state index contributed by atoms with van der Waals surface area (Å²) < 4.78 is 0. The minimum atomic E-state index is -0.919. The fourth-order valence-electron chi connectivity index (χ4n) is 8.09. The lowest BCUT2D eigenvalue weighted by Crippen LogP contribution is -2.35. The molecule has 2 aliphatic rings. The van der Waals surface area contributed by atoms with Gasteiger partial charge < -0.3 is 10.0 Å². The van der Waals surface area contributed by atoms with Crippen LogP contribution < -0.4 is 4.90 Å². The monoisotopic (exact) mass is 576 g/mol. The van der Waals surface area contributed by atoms with Crippen molar-refractivity contribution in [3.63, 3.8) is 0 Å². The van der Waals surface area contributed by atoms with Gasteiger partial charge in [-0.15, -0.1) is 0 Å². The van der Waals surface area contributed by atoms with Crippen molar-refractivity contribution in [2.24, 2.45) is 0 Å². The Balaban J connectivity index is 1.34. The average molecular weight is 577 g/mol. The minimum absolute atomic E-state index is 0.0897. The highest BCUT2D eigenvalue weighted by Crippen LogP contribution is 2.55. The van der Waals surface area contributed by atoms with Gasteiger partial charge in [0.1, 0.15) is 0 Å². The van der Waals surface area contributed by atoms with Gasteiger partial charge in [0.15, 0.2) is 0 Å². The molecule has 1 aromatic heterocycles. The van der Waals surface area contributed by atoms with Crippen molar-refractivity contribution in [2.75, 3.05) is 18.0 Å². The molecule has 8 rings (SSSR count). The SMILES string of the molecule is CC1(C)c2ccc3c(ccc4ccccc43)c2C(c2ccc3cc(C(=O)O)ccc3n2)CC1c1cccc(N2CCCC2)c1. The maximum absolute atomic E-state index is 11.6. The van der Waals surface area contributed by atoms with E-state index in [-0.39, 0.29) is 16.9 Å². The molecule has 2 unspecified atom stereocenters. The molecule has 1 N–H and O–H groups in total. The second-order valence-corrected chi connectivity index (χ2v) is 13.2. The molecule has 4 nitrogen and oxygen atoms in total. The van der Waals surface area contributed by atoms with Crippen LogP contribution >= 0.6 is 0 Å². The first-order chi connectivity index (χ1) is 21.4.